The van der Waals surface area contributed by atoms with Gasteiger partial charge in [-0.15, -0.1) is 0 Å². The minimum absolute atomic E-state index is 0.595. The highest BCUT2D eigenvalue weighted by atomic mass is 15.0. The molecule has 3 aromatic heterocycles. The van der Waals surface area contributed by atoms with Crippen molar-refractivity contribution in [1.29, 1.82) is 5.26 Å². The summed E-state index contributed by atoms with van der Waals surface area (Å²) in [6.07, 6.45) is 3.73. The number of para-hydroxylation sites is 2. The molecular weight excluding hydrogens is 633 g/mol. The lowest BCUT2D eigenvalue weighted by molar-refractivity contribution is 1.15. The molecule has 0 aliphatic heterocycles. The number of nitrogens with zero attached hydrogens (tertiary/aromatic N) is 4. The first kappa shape index (κ1) is 29.7. The highest BCUT2D eigenvalue weighted by molar-refractivity contribution is 6.12. The summed E-state index contributed by atoms with van der Waals surface area (Å²) in [6, 6.07) is 62.2. The lowest BCUT2D eigenvalue weighted by Gasteiger charge is -2.16. The van der Waals surface area contributed by atoms with E-state index >= 15 is 0 Å². The highest BCUT2D eigenvalue weighted by Gasteiger charge is 2.20. The first-order chi connectivity index (χ1) is 25.8. The van der Waals surface area contributed by atoms with Gasteiger partial charge >= 0.3 is 0 Å². The van der Waals surface area contributed by atoms with Crippen LogP contribution < -0.4 is 0 Å². The fraction of sp³-hybridized carbons (Fsp3) is 0. The van der Waals surface area contributed by atoms with E-state index in [1.165, 1.54) is 43.8 Å². The number of pyridine rings is 1. The van der Waals surface area contributed by atoms with Crippen LogP contribution in [0, 0.1) is 11.3 Å². The van der Waals surface area contributed by atoms with E-state index in [-0.39, 0.29) is 0 Å². The molecule has 7 aromatic carbocycles. The normalized spacial score (nSPS) is 11.4. The largest absolute Gasteiger partial charge is 0.309 e. The lowest BCUT2D eigenvalue weighted by atomic mass is 9.99. The first-order valence-corrected chi connectivity index (χ1v) is 17.4. The molecule has 0 unspecified atom stereocenters. The van der Waals surface area contributed by atoms with Crippen molar-refractivity contribution >= 4 is 43.6 Å². The third-order valence-corrected chi connectivity index (χ3v) is 10.3. The van der Waals surface area contributed by atoms with Crippen LogP contribution in [-0.4, -0.2) is 14.1 Å². The summed E-state index contributed by atoms with van der Waals surface area (Å²) in [5.74, 6) is 0. The molecule has 10 rings (SSSR count). The zero-order valence-corrected chi connectivity index (χ0v) is 28.1. The Morgan fingerprint density at radius 2 is 0.962 bits per heavy atom. The van der Waals surface area contributed by atoms with Crippen LogP contribution in [0.3, 0.4) is 0 Å². The average molecular weight is 663 g/mol. The van der Waals surface area contributed by atoms with Crippen molar-refractivity contribution in [2.45, 2.75) is 0 Å². The van der Waals surface area contributed by atoms with Crippen molar-refractivity contribution < 1.29 is 0 Å². The van der Waals surface area contributed by atoms with Crippen LogP contribution in [0.25, 0.3) is 88.4 Å². The Balaban J connectivity index is 1.19. The van der Waals surface area contributed by atoms with E-state index in [0.29, 0.717) is 5.56 Å². The number of aromatic nitrogens is 3. The smallest absolute Gasteiger partial charge is 0.0998 e. The fourth-order valence-electron chi connectivity index (χ4n) is 7.89. The molecule has 0 amide bonds. The Morgan fingerprint density at radius 1 is 0.423 bits per heavy atom. The number of benzene rings is 7. The molecule has 0 spiro atoms. The topological polar surface area (TPSA) is 46.5 Å². The van der Waals surface area contributed by atoms with Gasteiger partial charge in [-0.2, -0.15) is 5.26 Å². The van der Waals surface area contributed by atoms with Crippen molar-refractivity contribution in [3.05, 3.63) is 188 Å². The fourth-order valence-corrected chi connectivity index (χ4v) is 7.89. The van der Waals surface area contributed by atoms with Crippen molar-refractivity contribution in [3.63, 3.8) is 0 Å². The number of hydrogen-bond acceptors (Lipinski definition) is 2. The molecule has 4 nitrogen and oxygen atoms in total. The Bertz CT molecular complexity index is 3020. The van der Waals surface area contributed by atoms with Gasteiger partial charge < -0.3 is 9.13 Å². The zero-order valence-electron chi connectivity index (χ0n) is 28.1. The highest BCUT2D eigenvalue weighted by Crippen LogP contribution is 2.40. The molecule has 4 heteroatoms. The van der Waals surface area contributed by atoms with Gasteiger partial charge in [0, 0.05) is 50.8 Å². The van der Waals surface area contributed by atoms with Crippen molar-refractivity contribution in [2.75, 3.05) is 0 Å². The van der Waals surface area contributed by atoms with E-state index in [1.807, 2.05) is 30.6 Å². The van der Waals surface area contributed by atoms with Crippen LogP contribution in [0.15, 0.2) is 182 Å². The van der Waals surface area contributed by atoms with E-state index in [1.54, 1.807) is 0 Å². The Kier molecular flexibility index (Phi) is 6.84. The summed E-state index contributed by atoms with van der Waals surface area (Å²) in [5, 5.41) is 15.2. The molecule has 0 fully saturated rings. The molecule has 242 valence electrons. The standard InChI is InChI=1S/C48H30N4/c49-30-36-19-22-37(51-44-17-9-7-15-38(44)41-27-34(20-23-46(41)51)32-11-3-1-4-12-32)29-40(36)43-31-50-26-25-48(43)52-45-18-10-8-16-39(45)42-28-35(21-24-47(42)52)33-13-5-2-6-14-33/h1-29,31H. The maximum Gasteiger partial charge on any atom is 0.0998 e. The van der Waals surface area contributed by atoms with Crippen molar-refractivity contribution in [2.24, 2.45) is 0 Å². The zero-order chi connectivity index (χ0) is 34.6. The van der Waals surface area contributed by atoms with Crippen LogP contribution in [0.5, 0.6) is 0 Å². The maximum absolute atomic E-state index is 10.5. The second-order valence-corrected chi connectivity index (χ2v) is 13.1. The van der Waals surface area contributed by atoms with Gasteiger partial charge in [0.2, 0.25) is 0 Å². The van der Waals surface area contributed by atoms with Crippen LogP contribution in [0.4, 0.5) is 0 Å². The third kappa shape index (κ3) is 4.65. The average Bonchev–Trinajstić information content (AvgIpc) is 3.73. The Labute approximate surface area is 300 Å². The molecule has 0 N–H and O–H groups in total. The van der Waals surface area contributed by atoms with Gasteiger partial charge in [-0.25, -0.2) is 0 Å². The summed E-state index contributed by atoms with van der Waals surface area (Å²) in [6.45, 7) is 0. The van der Waals surface area contributed by atoms with Gasteiger partial charge in [0.25, 0.3) is 0 Å². The van der Waals surface area contributed by atoms with Gasteiger partial charge in [0.15, 0.2) is 0 Å². The molecule has 52 heavy (non-hydrogen) atoms. The molecular formula is C48H30N4. The van der Waals surface area contributed by atoms with Crippen molar-refractivity contribution in [3.8, 4) is 50.8 Å². The van der Waals surface area contributed by atoms with E-state index < -0.39 is 0 Å². The van der Waals surface area contributed by atoms with Crippen LogP contribution in [0.1, 0.15) is 5.56 Å². The number of nitriles is 1. The first-order valence-electron chi connectivity index (χ1n) is 17.4. The SMILES string of the molecule is N#Cc1ccc(-n2c3ccccc3c3cc(-c4ccccc4)ccc32)cc1-c1cnccc1-n1c2ccccc2c2cc(-c3ccccc3)ccc21. The maximum atomic E-state index is 10.5. The van der Waals surface area contributed by atoms with Crippen LogP contribution in [-0.2, 0) is 0 Å². The Hall–Kier alpha value is -7.22. The van der Waals surface area contributed by atoms with E-state index in [0.717, 1.165) is 44.6 Å². The molecule has 0 saturated heterocycles. The molecule has 0 saturated carbocycles. The van der Waals surface area contributed by atoms with Crippen LogP contribution in [0.2, 0.25) is 0 Å². The third-order valence-electron chi connectivity index (χ3n) is 10.3. The predicted octanol–water partition coefficient (Wildman–Crippen LogP) is 12.1. The van der Waals surface area contributed by atoms with E-state index in [9.17, 15) is 5.26 Å². The van der Waals surface area contributed by atoms with Gasteiger partial charge in [-0.1, -0.05) is 109 Å². The lowest BCUT2D eigenvalue weighted by Crippen LogP contribution is -2.01. The number of hydrogen-bond donors (Lipinski definition) is 0. The summed E-state index contributed by atoms with van der Waals surface area (Å²) in [7, 11) is 0. The summed E-state index contributed by atoms with van der Waals surface area (Å²) >= 11 is 0. The molecule has 0 radical (unpaired) electrons. The molecule has 0 atom stereocenters. The van der Waals surface area contributed by atoms with E-state index in [2.05, 4.69) is 172 Å². The summed E-state index contributed by atoms with van der Waals surface area (Å²) in [4.78, 5) is 4.62. The quantitative estimate of drug-likeness (QED) is 0.184. The summed E-state index contributed by atoms with van der Waals surface area (Å²) < 4.78 is 4.63. The second kappa shape index (κ2) is 12.0. The minimum atomic E-state index is 0.595. The van der Waals surface area contributed by atoms with Gasteiger partial charge in [-0.05, 0) is 82.9 Å². The molecule has 0 aliphatic rings. The molecule has 3 heterocycles. The van der Waals surface area contributed by atoms with Gasteiger partial charge in [-0.3, -0.25) is 4.98 Å². The number of rotatable bonds is 5. The molecule has 0 aliphatic carbocycles. The Morgan fingerprint density at radius 3 is 1.58 bits per heavy atom. The van der Waals surface area contributed by atoms with Crippen molar-refractivity contribution in [1.82, 2.24) is 14.1 Å². The molecule has 10 aromatic rings. The summed E-state index contributed by atoms with van der Waals surface area (Å²) in [5.41, 5.74) is 13.4. The van der Waals surface area contributed by atoms with E-state index in [4.69, 9.17) is 0 Å². The number of fused-ring (bicyclic) bond motifs is 6. The monoisotopic (exact) mass is 662 g/mol. The van der Waals surface area contributed by atoms with Gasteiger partial charge in [0.1, 0.15) is 0 Å². The van der Waals surface area contributed by atoms with Crippen LogP contribution >= 0.6 is 0 Å². The minimum Gasteiger partial charge on any atom is -0.309 e. The van der Waals surface area contributed by atoms with Gasteiger partial charge in [0.05, 0.1) is 39.4 Å². The second-order valence-electron chi connectivity index (χ2n) is 13.1. The molecule has 0 bridgehead atoms. The predicted molar refractivity (Wildman–Crippen MR) is 214 cm³/mol.